The fourth-order valence-corrected chi connectivity index (χ4v) is 3.34. The number of hydrogen-bond donors (Lipinski definition) is 2. The molecule has 1 aliphatic rings. The van der Waals surface area contributed by atoms with Gasteiger partial charge in [0, 0.05) is 11.1 Å². The molecule has 0 unspecified atom stereocenters. The van der Waals surface area contributed by atoms with Gasteiger partial charge in [-0.25, -0.2) is 0 Å². The van der Waals surface area contributed by atoms with Crippen molar-refractivity contribution in [2.45, 2.75) is 64.0 Å². The molecule has 2 N–H and O–H groups in total. The molecule has 1 fully saturated rings. The van der Waals surface area contributed by atoms with Gasteiger partial charge in [-0.3, -0.25) is 4.79 Å². The second-order valence-electron chi connectivity index (χ2n) is 6.04. The molecule has 1 aromatic carbocycles. The van der Waals surface area contributed by atoms with E-state index in [1.807, 2.05) is 6.92 Å². The lowest BCUT2D eigenvalue weighted by Crippen LogP contribution is -2.44. The van der Waals surface area contributed by atoms with Crippen LogP contribution in [0, 0.1) is 0 Å². The van der Waals surface area contributed by atoms with Crippen LogP contribution in [0.4, 0.5) is 5.69 Å². The van der Waals surface area contributed by atoms with Gasteiger partial charge < -0.3 is 10.6 Å². The van der Waals surface area contributed by atoms with Gasteiger partial charge in [0.2, 0.25) is 5.91 Å². The molecule has 1 amide bonds. The van der Waals surface area contributed by atoms with Crippen molar-refractivity contribution in [3.05, 3.63) is 28.2 Å². The first-order valence-corrected chi connectivity index (χ1v) is 8.84. The molecule has 0 aromatic heterocycles. The Kier molecular flexibility index (Phi) is 7.00. The Morgan fingerprint density at radius 1 is 1.14 bits per heavy atom. The van der Waals surface area contributed by atoms with Crippen LogP contribution in [-0.2, 0) is 4.79 Å². The molecule has 0 aliphatic heterocycles. The van der Waals surface area contributed by atoms with Crippen LogP contribution in [0.25, 0.3) is 0 Å². The summed E-state index contributed by atoms with van der Waals surface area (Å²) in [5, 5.41) is 7.34. The Morgan fingerprint density at radius 3 is 2.41 bits per heavy atom. The van der Waals surface area contributed by atoms with E-state index >= 15 is 0 Å². The fourth-order valence-electron chi connectivity index (χ4n) is 2.88. The number of carbonyl (C=O) groups excluding carboxylic acids is 1. The van der Waals surface area contributed by atoms with Gasteiger partial charge in [0.15, 0.2) is 0 Å². The average Bonchev–Trinajstić information content (AvgIpc) is 2.44. The van der Waals surface area contributed by atoms with Gasteiger partial charge in [0.25, 0.3) is 0 Å². The predicted molar refractivity (Wildman–Crippen MR) is 93.8 cm³/mol. The standard InChI is InChI=1S/C17H24Cl2N2O/c1-12(20-14-7-5-3-2-4-6-8-14)17(22)21-16-10-9-13(18)11-15(16)19/h9-12,14,20H,2-8H2,1H3,(H,21,22)/t12-/m0/s1. The van der Waals surface area contributed by atoms with Gasteiger partial charge >= 0.3 is 0 Å². The maximum atomic E-state index is 12.3. The monoisotopic (exact) mass is 342 g/mol. The van der Waals surface area contributed by atoms with Crippen LogP contribution in [0.2, 0.25) is 10.0 Å². The molecule has 1 aliphatic carbocycles. The molecular formula is C17H24Cl2N2O. The highest BCUT2D eigenvalue weighted by Gasteiger charge is 2.19. The van der Waals surface area contributed by atoms with E-state index in [4.69, 9.17) is 23.2 Å². The molecule has 22 heavy (non-hydrogen) atoms. The molecule has 0 saturated heterocycles. The lowest BCUT2D eigenvalue weighted by molar-refractivity contribution is -0.118. The average molecular weight is 343 g/mol. The van der Waals surface area contributed by atoms with Crippen LogP contribution >= 0.6 is 23.2 Å². The molecule has 1 saturated carbocycles. The zero-order valence-electron chi connectivity index (χ0n) is 13.0. The molecule has 0 heterocycles. The minimum absolute atomic E-state index is 0.0636. The third-order valence-corrected chi connectivity index (χ3v) is 4.72. The van der Waals surface area contributed by atoms with E-state index in [1.54, 1.807) is 18.2 Å². The van der Waals surface area contributed by atoms with Crippen molar-refractivity contribution in [3.63, 3.8) is 0 Å². The van der Waals surface area contributed by atoms with Crippen molar-refractivity contribution in [3.8, 4) is 0 Å². The first kappa shape index (κ1) is 17.6. The van der Waals surface area contributed by atoms with Crippen molar-refractivity contribution in [2.24, 2.45) is 0 Å². The van der Waals surface area contributed by atoms with Crippen LogP contribution in [0.1, 0.15) is 51.9 Å². The maximum absolute atomic E-state index is 12.3. The SMILES string of the molecule is C[C@H](NC1CCCCCCC1)C(=O)Nc1ccc(Cl)cc1Cl. The third kappa shape index (κ3) is 5.45. The van der Waals surface area contributed by atoms with Gasteiger partial charge in [-0.2, -0.15) is 0 Å². The van der Waals surface area contributed by atoms with E-state index in [-0.39, 0.29) is 11.9 Å². The topological polar surface area (TPSA) is 41.1 Å². The summed E-state index contributed by atoms with van der Waals surface area (Å²) >= 11 is 12.0. The molecule has 122 valence electrons. The van der Waals surface area contributed by atoms with Gasteiger partial charge in [-0.05, 0) is 38.0 Å². The van der Waals surface area contributed by atoms with E-state index < -0.39 is 0 Å². The molecule has 1 aromatic rings. The number of anilines is 1. The minimum atomic E-state index is -0.240. The molecule has 0 bridgehead atoms. The number of rotatable bonds is 4. The zero-order chi connectivity index (χ0) is 15.9. The number of nitrogens with one attached hydrogen (secondary N) is 2. The molecular weight excluding hydrogens is 319 g/mol. The predicted octanol–water partition coefficient (Wildman–Crippen LogP) is 5.02. The van der Waals surface area contributed by atoms with E-state index in [0.29, 0.717) is 21.8 Å². The van der Waals surface area contributed by atoms with Crippen LogP contribution in [0.15, 0.2) is 18.2 Å². The summed E-state index contributed by atoms with van der Waals surface area (Å²) in [6.07, 6.45) is 8.75. The van der Waals surface area contributed by atoms with Crippen LogP contribution in [0.3, 0.4) is 0 Å². The van der Waals surface area contributed by atoms with Gasteiger partial charge in [-0.1, -0.05) is 55.3 Å². The number of hydrogen-bond acceptors (Lipinski definition) is 2. The lowest BCUT2D eigenvalue weighted by Gasteiger charge is -2.24. The smallest absolute Gasteiger partial charge is 0.241 e. The van der Waals surface area contributed by atoms with Crippen LogP contribution in [-0.4, -0.2) is 18.0 Å². The molecule has 5 heteroatoms. The highest BCUT2D eigenvalue weighted by molar-refractivity contribution is 6.36. The summed E-state index contributed by atoms with van der Waals surface area (Å²) in [7, 11) is 0. The Labute approximate surface area is 142 Å². The second-order valence-corrected chi connectivity index (χ2v) is 6.89. The van der Waals surface area contributed by atoms with E-state index in [9.17, 15) is 4.79 Å². The Hall–Kier alpha value is -0.770. The largest absolute Gasteiger partial charge is 0.323 e. The van der Waals surface area contributed by atoms with Crippen LogP contribution in [0.5, 0.6) is 0 Å². The number of halogens is 2. The third-order valence-electron chi connectivity index (χ3n) is 4.17. The number of amides is 1. The lowest BCUT2D eigenvalue weighted by atomic mass is 9.96. The summed E-state index contributed by atoms with van der Waals surface area (Å²) < 4.78 is 0. The minimum Gasteiger partial charge on any atom is -0.323 e. The van der Waals surface area contributed by atoms with Crippen molar-refractivity contribution in [1.29, 1.82) is 0 Å². The summed E-state index contributed by atoms with van der Waals surface area (Å²) in [6.45, 7) is 1.90. The molecule has 0 radical (unpaired) electrons. The molecule has 1 atom stereocenters. The fraction of sp³-hybridized carbons (Fsp3) is 0.588. The van der Waals surface area contributed by atoms with Gasteiger partial charge in [0.05, 0.1) is 16.8 Å². The summed E-state index contributed by atoms with van der Waals surface area (Å²) in [6, 6.07) is 5.27. The summed E-state index contributed by atoms with van der Waals surface area (Å²) in [5.41, 5.74) is 0.599. The highest BCUT2D eigenvalue weighted by atomic mass is 35.5. The first-order chi connectivity index (χ1) is 10.6. The van der Waals surface area contributed by atoms with Gasteiger partial charge in [0.1, 0.15) is 0 Å². The highest BCUT2D eigenvalue weighted by Crippen LogP contribution is 2.25. The number of benzene rings is 1. The number of carbonyl (C=O) groups is 1. The van der Waals surface area contributed by atoms with Crippen molar-refractivity contribution in [1.82, 2.24) is 5.32 Å². The molecule has 2 rings (SSSR count). The quantitative estimate of drug-likeness (QED) is 0.806. The Bertz CT molecular complexity index is 499. The van der Waals surface area contributed by atoms with Crippen molar-refractivity contribution in [2.75, 3.05) is 5.32 Å². The summed E-state index contributed by atoms with van der Waals surface area (Å²) in [5.74, 6) is -0.0636. The first-order valence-electron chi connectivity index (χ1n) is 8.08. The van der Waals surface area contributed by atoms with E-state index in [0.717, 1.165) is 12.8 Å². The normalized spacial score (nSPS) is 18.3. The van der Waals surface area contributed by atoms with Crippen molar-refractivity contribution < 1.29 is 4.79 Å². The maximum Gasteiger partial charge on any atom is 0.241 e. The zero-order valence-corrected chi connectivity index (χ0v) is 14.5. The Morgan fingerprint density at radius 2 is 1.77 bits per heavy atom. The molecule has 3 nitrogen and oxygen atoms in total. The van der Waals surface area contributed by atoms with Gasteiger partial charge in [-0.15, -0.1) is 0 Å². The van der Waals surface area contributed by atoms with E-state index in [1.165, 1.54) is 32.1 Å². The van der Waals surface area contributed by atoms with Crippen LogP contribution < -0.4 is 10.6 Å². The Balaban J connectivity index is 1.88. The van der Waals surface area contributed by atoms with E-state index in [2.05, 4.69) is 10.6 Å². The summed E-state index contributed by atoms with van der Waals surface area (Å²) in [4.78, 5) is 12.3. The van der Waals surface area contributed by atoms with Crippen molar-refractivity contribution >= 4 is 34.8 Å². The second kappa shape index (κ2) is 8.76. The molecule has 0 spiro atoms.